The Morgan fingerprint density at radius 3 is 3.06 bits per heavy atom. The lowest BCUT2D eigenvalue weighted by Crippen LogP contribution is -2.25. The third kappa shape index (κ3) is 3.12. The number of rotatable bonds is 2. The first-order valence-electron chi connectivity index (χ1n) is 5.60. The molecule has 0 aromatic heterocycles. The summed E-state index contributed by atoms with van der Waals surface area (Å²) in [5.74, 6) is 2.19. The van der Waals surface area contributed by atoms with E-state index in [0.717, 1.165) is 31.0 Å². The standard InChI is InChI=1S/C12H17FN2S/c13-11-2-3-12(14)10(8-11)9-15-4-1-6-16-7-5-15/h2-3,8H,1,4-7,9,14H2. The monoisotopic (exact) mass is 240 g/mol. The van der Waals surface area contributed by atoms with Crippen LogP contribution in [0.4, 0.5) is 10.1 Å². The highest BCUT2D eigenvalue weighted by atomic mass is 32.2. The van der Waals surface area contributed by atoms with Gasteiger partial charge in [-0.1, -0.05) is 0 Å². The Balaban J connectivity index is 2.04. The van der Waals surface area contributed by atoms with Gasteiger partial charge >= 0.3 is 0 Å². The molecule has 0 amide bonds. The van der Waals surface area contributed by atoms with Crippen molar-refractivity contribution in [1.82, 2.24) is 4.90 Å². The number of hydrogen-bond acceptors (Lipinski definition) is 3. The van der Waals surface area contributed by atoms with E-state index in [1.165, 1.54) is 18.2 Å². The second-order valence-electron chi connectivity index (χ2n) is 4.09. The van der Waals surface area contributed by atoms with Crippen LogP contribution in [0, 0.1) is 5.82 Å². The largest absolute Gasteiger partial charge is 0.398 e. The van der Waals surface area contributed by atoms with E-state index in [0.29, 0.717) is 5.69 Å². The van der Waals surface area contributed by atoms with Gasteiger partial charge < -0.3 is 5.73 Å². The smallest absolute Gasteiger partial charge is 0.123 e. The van der Waals surface area contributed by atoms with Crippen molar-refractivity contribution in [2.24, 2.45) is 0 Å². The summed E-state index contributed by atoms with van der Waals surface area (Å²) >= 11 is 1.99. The summed E-state index contributed by atoms with van der Waals surface area (Å²) in [6, 6.07) is 4.61. The molecule has 1 saturated heterocycles. The molecule has 88 valence electrons. The van der Waals surface area contributed by atoms with Gasteiger partial charge in [0, 0.05) is 24.5 Å². The van der Waals surface area contributed by atoms with E-state index in [9.17, 15) is 4.39 Å². The van der Waals surface area contributed by atoms with Gasteiger partial charge in [0.2, 0.25) is 0 Å². The van der Waals surface area contributed by atoms with Gasteiger partial charge in [0.05, 0.1) is 0 Å². The summed E-state index contributed by atoms with van der Waals surface area (Å²) in [6.45, 7) is 2.92. The highest BCUT2D eigenvalue weighted by Gasteiger charge is 2.11. The summed E-state index contributed by atoms with van der Waals surface area (Å²) in [5, 5.41) is 0. The zero-order valence-corrected chi connectivity index (χ0v) is 10.1. The number of nitrogens with two attached hydrogens (primary N) is 1. The Kier molecular flexibility index (Phi) is 4.07. The fourth-order valence-corrected chi connectivity index (χ4v) is 2.83. The molecule has 1 aromatic rings. The number of benzene rings is 1. The first-order chi connectivity index (χ1) is 7.75. The summed E-state index contributed by atoms with van der Waals surface area (Å²) in [7, 11) is 0. The molecule has 16 heavy (non-hydrogen) atoms. The fraction of sp³-hybridized carbons (Fsp3) is 0.500. The van der Waals surface area contributed by atoms with Gasteiger partial charge in [-0.25, -0.2) is 4.39 Å². The van der Waals surface area contributed by atoms with E-state index in [2.05, 4.69) is 4.90 Å². The minimum atomic E-state index is -0.201. The molecule has 0 unspecified atom stereocenters. The molecule has 2 N–H and O–H groups in total. The Hall–Kier alpha value is -0.740. The molecule has 1 heterocycles. The summed E-state index contributed by atoms with van der Waals surface area (Å²) in [6.07, 6.45) is 1.21. The Morgan fingerprint density at radius 1 is 1.31 bits per heavy atom. The molecule has 0 atom stereocenters. The SMILES string of the molecule is Nc1ccc(F)cc1CN1CCCSCC1. The lowest BCUT2D eigenvalue weighted by molar-refractivity contribution is 0.287. The number of hydrogen-bond donors (Lipinski definition) is 1. The second-order valence-corrected chi connectivity index (χ2v) is 5.31. The molecule has 2 rings (SSSR count). The normalized spacial score (nSPS) is 18.3. The number of nitrogen functional groups attached to an aromatic ring is 1. The van der Waals surface area contributed by atoms with Gasteiger partial charge in [0.15, 0.2) is 0 Å². The zero-order valence-electron chi connectivity index (χ0n) is 9.29. The average molecular weight is 240 g/mol. The Labute approximate surface area is 100 Å². The quantitative estimate of drug-likeness (QED) is 0.805. The number of nitrogens with zero attached hydrogens (tertiary/aromatic N) is 1. The summed E-state index contributed by atoms with van der Waals surface area (Å²) in [5.41, 5.74) is 7.45. The molecule has 1 aliphatic rings. The van der Waals surface area contributed by atoms with E-state index in [4.69, 9.17) is 5.73 Å². The third-order valence-electron chi connectivity index (χ3n) is 2.81. The van der Waals surface area contributed by atoms with E-state index in [1.54, 1.807) is 12.1 Å². The highest BCUT2D eigenvalue weighted by Crippen LogP contribution is 2.18. The van der Waals surface area contributed by atoms with Crippen LogP contribution in [0.5, 0.6) is 0 Å². The van der Waals surface area contributed by atoms with Crippen LogP contribution in [0.25, 0.3) is 0 Å². The van der Waals surface area contributed by atoms with Crippen LogP contribution in [-0.4, -0.2) is 29.5 Å². The molecule has 0 radical (unpaired) electrons. The zero-order chi connectivity index (χ0) is 11.4. The fourth-order valence-electron chi connectivity index (χ4n) is 1.91. The van der Waals surface area contributed by atoms with Crippen LogP contribution in [0.3, 0.4) is 0 Å². The lowest BCUT2D eigenvalue weighted by Gasteiger charge is -2.20. The van der Waals surface area contributed by atoms with Crippen molar-refractivity contribution in [3.05, 3.63) is 29.6 Å². The predicted octanol–water partition coefficient (Wildman–Crippen LogP) is 2.35. The van der Waals surface area contributed by atoms with Crippen LogP contribution in [0.1, 0.15) is 12.0 Å². The van der Waals surface area contributed by atoms with Gasteiger partial charge in [-0.3, -0.25) is 4.90 Å². The molecule has 0 bridgehead atoms. The number of thioether (sulfide) groups is 1. The Bertz CT molecular complexity index is 349. The molecule has 0 aliphatic carbocycles. The van der Waals surface area contributed by atoms with Crippen LogP contribution < -0.4 is 5.73 Å². The van der Waals surface area contributed by atoms with Crippen LogP contribution in [-0.2, 0) is 6.54 Å². The minimum Gasteiger partial charge on any atom is -0.398 e. The van der Waals surface area contributed by atoms with Crippen molar-refractivity contribution in [3.63, 3.8) is 0 Å². The molecule has 1 aromatic carbocycles. The number of anilines is 1. The van der Waals surface area contributed by atoms with Gasteiger partial charge in [0.25, 0.3) is 0 Å². The van der Waals surface area contributed by atoms with Gasteiger partial charge in [-0.2, -0.15) is 11.8 Å². The molecule has 0 saturated carbocycles. The maximum atomic E-state index is 13.1. The Morgan fingerprint density at radius 2 is 2.19 bits per heavy atom. The van der Waals surface area contributed by atoms with Crippen LogP contribution in [0.2, 0.25) is 0 Å². The van der Waals surface area contributed by atoms with Crippen LogP contribution >= 0.6 is 11.8 Å². The van der Waals surface area contributed by atoms with Crippen molar-refractivity contribution < 1.29 is 4.39 Å². The van der Waals surface area contributed by atoms with E-state index >= 15 is 0 Å². The minimum absolute atomic E-state index is 0.201. The van der Waals surface area contributed by atoms with Gasteiger partial charge in [0.1, 0.15) is 5.82 Å². The van der Waals surface area contributed by atoms with Crippen molar-refractivity contribution in [2.45, 2.75) is 13.0 Å². The number of halogens is 1. The summed E-state index contributed by atoms with van der Waals surface area (Å²) < 4.78 is 13.1. The van der Waals surface area contributed by atoms with Crippen LogP contribution in [0.15, 0.2) is 18.2 Å². The van der Waals surface area contributed by atoms with Gasteiger partial charge in [-0.05, 0) is 42.5 Å². The molecule has 1 fully saturated rings. The van der Waals surface area contributed by atoms with Crippen molar-refractivity contribution in [2.75, 3.05) is 30.3 Å². The molecular formula is C12H17FN2S. The third-order valence-corrected chi connectivity index (χ3v) is 3.86. The van der Waals surface area contributed by atoms with Crippen molar-refractivity contribution in [3.8, 4) is 0 Å². The second kappa shape index (κ2) is 5.55. The molecule has 2 nitrogen and oxygen atoms in total. The van der Waals surface area contributed by atoms with E-state index in [-0.39, 0.29) is 5.82 Å². The average Bonchev–Trinajstić information content (AvgIpc) is 2.52. The predicted molar refractivity (Wildman–Crippen MR) is 68.0 cm³/mol. The molecule has 4 heteroatoms. The van der Waals surface area contributed by atoms with E-state index in [1.807, 2.05) is 11.8 Å². The van der Waals surface area contributed by atoms with Crippen molar-refractivity contribution >= 4 is 17.4 Å². The topological polar surface area (TPSA) is 29.3 Å². The maximum absolute atomic E-state index is 13.1. The molecule has 1 aliphatic heterocycles. The first kappa shape index (κ1) is 11.7. The van der Waals surface area contributed by atoms with E-state index < -0.39 is 0 Å². The van der Waals surface area contributed by atoms with Crippen molar-refractivity contribution in [1.29, 1.82) is 0 Å². The lowest BCUT2D eigenvalue weighted by atomic mass is 10.1. The molecular weight excluding hydrogens is 223 g/mol. The van der Waals surface area contributed by atoms with Gasteiger partial charge in [-0.15, -0.1) is 0 Å². The first-order valence-corrected chi connectivity index (χ1v) is 6.75. The highest BCUT2D eigenvalue weighted by molar-refractivity contribution is 7.99. The summed E-state index contributed by atoms with van der Waals surface area (Å²) in [4.78, 5) is 2.35. The maximum Gasteiger partial charge on any atom is 0.123 e. The molecule has 0 spiro atoms.